The quantitative estimate of drug-likeness (QED) is 0.154. The van der Waals surface area contributed by atoms with E-state index in [4.69, 9.17) is 25.8 Å². The van der Waals surface area contributed by atoms with Crippen LogP contribution in [0.15, 0.2) is 71.4 Å². The number of carbonyl (C=O) groups is 1. The molecule has 3 aromatic rings. The van der Waals surface area contributed by atoms with Crippen LogP contribution < -0.4 is 9.47 Å². The maximum Gasteiger partial charge on any atom is 0.363 e. The molecule has 184 valence electrons. The summed E-state index contributed by atoms with van der Waals surface area (Å²) in [6, 6.07) is 17.0. The number of methoxy groups -OCH3 is 1. The topological polar surface area (TPSA) is 100 Å². The van der Waals surface area contributed by atoms with E-state index in [0.717, 1.165) is 5.56 Å². The lowest BCUT2D eigenvalue weighted by molar-refractivity contribution is -0.384. The second kappa shape index (κ2) is 10.6. The van der Waals surface area contributed by atoms with Gasteiger partial charge in [-0.1, -0.05) is 37.6 Å². The molecule has 0 unspecified atom stereocenters. The first-order valence-corrected chi connectivity index (χ1v) is 11.5. The number of rotatable bonds is 8. The highest BCUT2D eigenvalue weighted by Gasteiger charge is 2.24. The van der Waals surface area contributed by atoms with Gasteiger partial charge in [0.2, 0.25) is 5.90 Å². The average molecular weight is 507 g/mol. The van der Waals surface area contributed by atoms with E-state index < -0.39 is 10.9 Å². The predicted molar refractivity (Wildman–Crippen MR) is 137 cm³/mol. The van der Waals surface area contributed by atoms with E-state index in [0.29, 0.717) is 28.5 Å². The summed E-state index contributed by atoms with van der Waals surface area (Å²) < 4.78 is 16.6. The molecule has 4 rings (SSSR count). The molecule has 3 aromatic carbocycles. The van der Waals surface area contributed by atoms with Crippen LogP contribution in [0, 0.1) is 10.1 Å². The van der Waals surface area contributed by atoms with Crippen molar-refractivity contribution in [3.05, 3.63) is 104 Å². The molecule has 1 aliphatic heterocycles. The number of cyclic esters (lactones) is 1. The minimum absolute atomic E-state index is 0.00409. The Morgan fingerprint density at radius 2 is 1.81 bits per heavy atom. The molecule has 9 heteroatoms. The van der Waals surface area contributed by atoms with Gasteiger partial charge in [-0.25, -0.2) is 9.79 Å². The first-order chi connectivity index (χ1) is 17.2. The Hall–Kier alpha value is -4.17. The number of carbonyl (C=O) groups excluding carboxylic acids is 1. The summed E-state index contributed by atoms with van der Waals surface area (Å²) in [5.74, 6) is 0.733. The normalized spacial score (nSPS) is 14.1. The molecule has 36 heavy (non-hydrogen) atoms. The number of benzene rings is 3. The van der Waals surface area contributed by atoms with E-state index in [2.05, 4.69) is 18.8 Å². The second-order valence-corrected chi connectivity index (χ2v) is 8.77. The molecule has 0 aromatic heterocycles. The minimum atomic E-state index is -0.563. The fraction of sp³-hybridized carbons (Fsp3) is 0.185. The van der Waals surface area contributed by atoms with E-state index in [1.165, 1.54) is 24.8 Å². The zero-order valence-corrected chi connectivity index (χ0v) is 20.6. The molecule has 0 spiro atoms. The van der Waals surface area contributed by atoms with Gasteiger partial charge in [-0.05, 0) is 65.1 Å². The van der Waals surface area contributed by atoms with Gasteiger partial charge in [-0.2, -0.15) is 0 Å². The number of hydrogen-bond acceptors (Lipinski definition) is 7. The zero-order chi connectivity index (χ0) is 25.8. The highest BCUT2D eigenvalue weighted by Crippen LogP contribution is 2.38. The summed E-state index contributed by atoms with van der Waals surface area (Å²) in [6.07, 6.45) is 1.56. The molecule has 0 fully saturated rings. The van der Waals surface area contributed by atoms with Gasteiger partial charge in [-0.15, -0.1) is 0 Å². The molecule has 0 bridgehead atoms. The van der Waals surface area contributed by atoms with Gasteiger partial charge in [0.15, 0.2) is 17.2 Å². The molecule has 0 amide bonds. The summed E-state index contributed by atoms with van der Waals surface area (Å²) >= 11 is 6.46. The Balaban J connectivity index is 1.54. The predicted octanol–water partition coefficient (Wildman–Crippen LogP) is 6.30. The van der Waals surface area contributed by atoms with Gasteiger partial charge >= 0.3 is 5.97 Å². The van der Waals surface area contributed by atoms with Crippen LogP contribution in [0.4, 0.5) is 5.69 Å². The third kappa shape index (κ3) is 5.55. The molecule has 0 atom stereocenters. The van der Waals surface area contributed by atoms with Crippen LogP contribution in [0.1, 0.15) is 42.0 Å². The van der Waals surface area contributed by atoms with Crippen molar-refractivity contribution in [3.63, 3.8) is 0 Å². The number of nitro benzene ring substituents is 1. The summed E-state index contributed by atoms with van der Waals surface area (Å²) in [6.45, 7) is 4.34. The van der Waals surface area contributed by atoms with Gasteiger partial charge in [0.05, 0.1) is 17.1 Å². The van der Waals surface area contributed by atoms with E-state index in [1.54, 1.807) is 30.3 Å². The van der Waals surface area contributed by atoms with Crippen LogP contribution >= 0.6 is 11.6 Å². The smallest absolute Gasteiger partial charge is 0.363 e. The molecule has 0 saturated heterocycles. The Morgan fingerprint density at radius 1 is 1.11 bits per heavy atom. The first-order valence-electron chi connectivity index (χ1n) is 11.1. The Bertz CT molecular complexity index is 1360. The van der Waals surface area contributed by atoms with E-state index in [9.17, 15) is 14.9 Å². The number of aliphatic imine (C=N–C) groups is 1. The van der Waals surface area contributed by atoms with Crippen LogP contribution in [0.5, 0.6) is 11.5 Å². The SMILES string of the molecule is COc1cc(/C=C2\N=C(c3ccc(C(C)C)cc3)OC2=O)cc(Cl)c1OCc1ccc([N+](=O)[O-])cc1. The van der Waals surface area contributed by atoms with Crippen molar-refractivity contribution in [2.45, 2.75) is 26.4 Å². The fourth-order valence-electron chi connectivity index (χ4n) is 3.53. The highest BCUT2D eigenvalue weighted by molar-refractivity contribution is 6.32. The van der Waals surface area contributed by atoms with Crippen molar-refractivity contribution in [1.29, 1.82) is 0 Å². The Morgan fingerprint density at radius 3 is 2.42 bits per heavy atom. The van der Waals surface area contributed by atoms with Gasteiger partial charge < -0.3 is 14.2 Å². The van der Waals surface area contributed by atoms with Crippen molar-refractivity contribution in [2.75, 3.05) is 7.11 Å². The summed E-state index contributed by atoms with van der Waals surface area (Å²) in [5, 5.41) is 11.1. The minimum Gasteiger partial charge on any atom is -0.493 e. The third-order valence-electron chi connectivity index (χ3n) is 5.53. The van der Waals surface area contributed by atoms with Crippen LogP contribution in [-0.2, 0) is 16.1 Å². The lowest BCUT2D eigenvalue weighted by Gasteiger charge is -2.13. The molecule has 0 aliphatic carbocycles. The van der Waals surface area contributed by atoms with E-state index in [1.807, 2.05) is 24.3 Å². The molecule has 0 radical (unpaired) electrons. The van der Waals surface area contributed by atoms with Gasteiger partial charge in [0.1, 0.15) is 6.61 Å². The van der Waals surface area contributed by atoms with Gasteiger partial charge in [-0.3, -0.25) is 10.1 Å². The van der Waals surface area contributed by atoms with Crippen molar-refractivity contribution in [3.8, 4) is 11.5 Å². The summed E-state index contributed by atoms with van der Waals surface area (Å²) in [7, 11) is 1.47. The van der Waals surface area contributed by atoms with Crippen LogP contribution in [0.3, 0.4) is 0 Å². The number of ether oxygens (including phenoxy) is 3. The lowest BCUT2D eigenvalue weighted by atomic mass is 10.0. The van der Waals surface area contributed by atoms with Crippen LogP contribution in [0.2, 0.25) is 5.02 Å². The monoisotopic (exact) mass is 506 g/mol. The maximum absolute atomic E-state index is 12.4. The van der Waals surface area contributed by atoms with Crippen molar-refractivity contribution in [1.82, 2.24) is 0 Å². The highest BCUT2D eigenvalue weighted by atomic mass is 35.5. The lowest BCUT2D eigenvalue weighted by Crippen LogP contribution is -2.05. The number of non-ortho nitro benzene ring substituents is 1. The molecule has 0 saturated carbocycles. The van der Waals surface area contributed by atoms with Crippen LogP contribution in [0.25, 0.3) is 6.08 Å². The van der Waals surface area contributed by atoms with E-state index in [-0.39, 0.29) is 28.9 Å². The number of esters is 1. The average Bonchev–Trinajstić information content (AvgIpc) is 3.23. The number of halogens is 1. The Labute approximate surface area is 212 Å². The van der Waals surface area contributed by atoms with E-state index >= 15 is 0 Å². The number of nitro groups is 1. The first kappa shape index (κ1) is 24.9. The largest absolute Gasteiger partial charge is 0.493 e. The van der Waals surface area contributed by atoms with Crippen molar-refractivity contribution < 1.29 is 23.9 Å². The molecular formula is C27H23ClN2O6. The fourth-order valence-corrected chi connectivity index (χ4v) is 3.81. The van der Waals surface area contributed by atoms with Crippen molar-refractivity contribution >= 4 is 35.2 Å². The molecular weight excluding hydrogens is 484 g/mol. The zero-order valence-electron chi connectivity index (χ0n) is 19.9. The molecule has 8 nitrogen and oxygen atoms in total. The molecule has 0 N–H and O–H groups in total. The van der Waals surface area contributed by atoms with Gasteiger partial charge in [0.25, 0.3) is 5.69 Å². The molecule has 1 aliphatic rings. The number of nitrogens with zero attached hydrogens (tertiary/aromatic N) is 2. The third-order valence-corrected chi connectivity index (χ3v) is 5.81. The second-order valence-electron chi connectivity index (χ2n) is 8.36. The maximum atomic E-state index is 12.4. The Kier molecular flexibility index (Phi) is 7.36. The summed E-state index contributed by atoms with van der Waals surface area (Å²) in [4.78, 5) is 27.1. The summed E-state index contributed by atoms with van der Waals surface area (Å²) in [5.41, 5.74) is 3.32. The van der Waals surface area contributed by atoms with Gasteiger partial charge in [0, 0.05) is 17.7 Å². The molecule has 1 heterocycles. The number of hydrogen-bond donors (Lipinski definition) is 0. The standard InChI is InChI=1S/C27H23ClN2O6/c1-16(2)19-6-8-20(9-7-19)26-29-23(27(31)36-26)13-18-12-22(28)25(24(14-18)34-3)35-15-17-4-10-21(11-5-17)30(32)33/h4-14,16H,15H2,1-3H3/b23-13-. The van der Waals surface area contributed by atoms with Crippen molar-refractivity contribution in [2.24, 2.45) is 4.99 Å². The van der Waals surface area contributed by atoms with Crippen LogP contribution in [-0.4, -0.2) is 23.9 Å².